The van der Waals surface area contributed by atoms with Crippen LogP contribution in [-0.2, 0) is 9.84 Å². The van der Waals surface area contributed by atoms with Gasteiger partial charge >= 0.3 is 0 Å². The minimum absolute atomic E-state index is 0.717. The average molecular weight is 219 g/mol. The molecule has 1 fully saturated rings. The van der Waals surface area contributed by atoms with E-state index in [1.807, 2.05) is 4.90 Å². The molecular formula is C8H13NO2S2. The van der Waals surface area contributed by atoms with Crippen molar-refractivity contribution in [3.63, 3.8) is 0 Å². The molecule has 13 heavy (non-hydrogen) atoms. The van der Waals surface area contributed by atoms with Gasteiger partial charge in [0.05, 0.1) is 10.4 Å². The van der Waals surface area contributed by atoms with E-state index in [0.717, 1.165) is 17.3 Å². The lowest BCUT2D eigenvalue weighted by molar-refractivity contribution is 0.448. The molecule has 1 aliphatic heterocycles. The van der Waals surface area contributed by atoms with Crippen molar-refractivity contribution in [2.24, 2.45) is 0 Å². The smallest absolute Gasteiger partial charge is 0.171 e. The molecule has 0 aliphatic carbocycles. The molecule has 0 radical (unpaired) electrons. The number of rotatable bonds is 3. The topological polar surface area (TPSA) is 37.4 Å². The van der Waals surface area contributed by atoms with E-state index in [-0.39, 0.29) is 0 Å². The highest BCUT2D eigenvalue weighted by molar-refractivity contribution is 8.04. The normalized spacial score (nSPS) is 21.0. The van der Waals surface area contributed by atoms with Crippen LogP contribution in [0.1, 0.15) is 0 Å². The Labute approximate surface area is 83.4 Å². The molecule has 0 bridgehead atoms. The fourth-order valence-electron chi connectivity index (χ4n) is 1.09. The van der Waals surface area contributed by atoms with Gasteiger partial charge in [0.25, 0.3) is 0 Å². The summed E-state index contributed by atoms with van der Waals surface area (Å²) in [5.41, 5.74) is 0. The summed E-state index contributed by atoms with van der Waals surface area (Å²) >= 11 is 1.58. The Morgan fingerprint density at radius 3 is 2.92 bits per heavy atom. The summed E-state index contributed by atoms with van der Waals surface area (Å²) in [4.78, 5) is 2.01. The predicted octanol–water partition coefficient (Wildman–Crippen LogP) is 1.06. The number of nitrogens with zero attached hydrogens (tertiary/aromatic N) is 1. The van der Waals surface area contributed by atoms with Gasteiger partial charge in [-0.25, -0.2) is 8.42 Å². The number of hydrogen-bond acceptors (Lipinski definition) is 4. The van der Waals surface area contributed by atoms with Gasteiger partial charge in [-0.05, 0) is 0 Å². The van der Waals surface area contributed by atoms with Crippen LogP contribution in [0.25, 0.3) is 0 Å². The van der Waals surface area contributed by atoms with Gasteiger partial charge in [0, 0.05) is 25.1 Å². The zero-order chi connectivity index (χ0) is 9.90. The molecule has 1 saturated heterocycles. The summed E-state index contributed by atoms with van der Waals surface area (Å²) < 4.78 is 22.0. The third-order valence-corrected chi connectivity index (χ3v) is 3.45. The first kappa shape index (κ1) is 10.7. The molecule has 0 saturated carbocycles. The van der Waals surface area contributed by atoms with Gasteiger partial charge in [-0.2, -0.15) is 0 Å². The first-order chi connectivity index (χ1) is 6.03. The third kappa shape index (κ3) is 3.44. The van der Waals surface area contributed by atoms with Crippen molar-refractivity contribution in [3.05, 3.63) is 23.1 Å². The molecule has 0 N–H and O–H groups in total. The van der Waals surface area contributed by atoms with Crippen LogP contribution in [-0.4, -0.2) is 38.4 Å². The lowest BCUT2D eigenvalue weighted by atomic mass is 10.5. The summed E-state index contributed by atoms with van der Waals surface area (Å²) in [6.07, 6.45) is 2.99. The van der Waals surface area contributed by atoms with Crippen molar-refractivity contribution in [2.45, 2.75) is 0 Å². The Kier molecular flexibility index (Phi) is 3.44. The molecule has 5 heteroatoms. The molecule has 3 nitrogen and oxygen atoms in total. The molecule has 1 rings (SSSR count). The second kappa shape index (κ2) is 4.19. The van der Waals surface area contributed by atoms with Crippen molar-refractivity contribution in [3.8, 4) is 0 Å². The lowest BCUT2D eigenvalue weighted by Crippen LogP contribution is -2.18. The quantitative estimate of drug-likeness (QED) is 0.665. The Morgan fingerprint density at radius 1 is 1.69 bits per heavy atom. The van der Waals surface area contributed by atoms with Crippen LogP contribution in [0.2, 0.25) is 0 Å². The zero-order valence-corrected chi connectivity index (χ0v) is 9.20. The minimum atomic E-state index is -3.02. The van der Waals surface area contributed by atoms with Gasteiger partial charge < -0.3 is 4.90 Å². The van der Waals surface area contributed by atoms with E-state index >= 15 is 0 Å². The highest BCUT2D eigenvalue weighted by Gasteiger charge is 2.17. The van der Waals surface area contributed by atoms with E-state index in [1.54, 1.807) is 17.8 Å². The van der Waals surface area contributed by atoms with Gasteiger partial charge in [0.1, 0.15) is 0 Å². The molecule has 0 aromatic carbocycles. The monoisotopic (exact) mass is 219 g/mol. The molecule has 1 aliphatic rings. The Bertz CT molecular complexity index is 319. The highest BCUT2D eigenvalue weighted by Crippen LogP contribution is 2.27. The first-order valence-corrected chi connectivity index (χ1v) is 6.87. The fourth-order valence-corrected chi connectivity index (χ4v) is 3.27. The van der Waals surface area contributed by atoms with Crippen LogP contribution in [0.4, 0.5) is 0 Å². The van der Waals surface area contributed by atoms with Crippen LogP contribution >= 0.6 is 11.8 Å². The van der Waals surface area contributed by atoms with Crippen LogP contribution in [0, 0.1) is 0 Å². The fraction of sp³-hybridized carbons (Fsp3) is 0.500. The minimum Gasteiger partial charge on any atom is -0.361 e. The molecule has 1 heterocycles. The van der Waals surface area contributed by atoms with Gasteiger partial charge in [-0.3, -0.25) is 0 Å². The Morgan fingerprint density at radius 2 is 2.38 bits per heavy atom. The molecule has 0 aromatic rings. The lowest BCUT2D eigenvalue weighted by Gasteiger charge is -2.15. The molecule has 74 valence electrons. The standard InChI is InChI=1S/C8H13NO2S2/c1-3-4-9-5-6-12-8(9)7-13(2,10)11/h3,7H,1,4-6H2,2H3/b8-7-. The third-order valence-electron chi connectivity index (χ3n) is 1.59. The van der Waals surface area contributed by atoms with Crippen molar-refractivity contribution >= 4 is 21.6 Å². The van der Waals surface area contributed by atoms with E-state index in [4.69, 9.17) is 0 Å². The maximum absolute atomic E-state index is 11.0. The number of thioether (sulfide) groups is 1. The van der Waals surface area contributed by atoms with Crippen molar-refractivity contribution in [2.75, 3.05) is 25.1 Å². The van der Waals surface area contributed by atoms with Gasteiger partial charge in [-0.15, -0.1) is 18.3 Å². The molecular weight excluding hydrogens is 206 g/mol. The van der Waals surface area contributed by atoms with Crippen molar-refractivity contribution in [1.82, 2.24) is 4.90 Å². The number of sulfone groups is 1. The Hall–Kier alpha value is -0.420. The molecule has 0 amide bonds. The highest BCUT2D eigenvalue weighted by atomic mass is 32.2. The first-order valence-electron chi connectivity index (χ1n) is 3.93. The maximum Gasteiger partial charge on any atom is 0.171 e. The van der Waals surface area contributed by atoms with Crippen LogP contribution < -0.4 is 0 Å². The molecule has 0 spiro atoms. The molecule has 0 atom stereocenters. The number of hydrogen-bond donors (Lipinski definition) is 0. The Balaban J connectivity index is 2.79. The molecule has 0 aromatic heterocycles. The van der Waals surface area contributed by atoms with E-state index in [1.165, 1.54) is 11.7 Å². The van der Waals surface area contributed by atoms with Gasteiger partial charge in [0.2, 0.25) is 0 Å². The van der Waals surface area contributed by atoms with E-state index in [2.05, 4.69) is 6.58 Å². The average Bonchev–Trinajstić information content (AvgIpc) is 2.34. The maximum atomic E-state index is 11.0. The van der Waals surface area contributed by atoms with Crippen molar-refractivity contribution in [1.29, 1.82) is 0 Å². The second-order valence-corrected chi connectivity index (χ2v) is 5.88. The molecule has 0 unspecified atom stereocenters. The van der Waals surface area contributed by atoms with E-state index in [9.17, 15) is 8.42 Å². The van der Waals surface area contributed by atoms with Crippen LogP contribution in [0.15, 0.2) is 23.1 Å². The van der Waals surface area contributed by atoms with E-state index in [0.29, 0.717) is 6.54 Å². The largest absolute Gasteiger partial charge is 0.361 e. The summed E-state index contributed by atoms with van der Waals surface area (Å²) in [6.45, 7) is 5.24. The predicted molar refractivity (Wildman–Crippen MR) is 57.2 cm³/mol. The summed E-state index contributed by atoms with van der Waals surface area (Å²) in [5.74, 6) is 0.954. The van der Waals surface area contributed by atoms with Crippen LogP contribution in [0.3, 0.4) is 0 Å². The van der Waals surface area contributed by atoms with E-state index < -0.39 is 9.84 Å². The van der Waals surface area contributed by atoms with Crippen molar-refractivity contribution < 1.29 is 8.42 Å². The SMILES string of the molecule is C=CCN1CCS/C1=C\S(C)(=O)=O. The second-order valence-electron chi connectivity index (χ2n) is 2.87. The summed E-state index contributed by atoms with van der Waals surface area (Å²) in [6, 6.07) is 0. The van der Waals surface area contributed by atoms with Crippen LogP contribution in [0.5, 0.6) is 0 Å². The summed E-state index contributed by atoms with van der Waals surface area (Å²) in [5, 5.41) is 2.16. The van der Waals surface area contributed by atoms with Gasteiger partial charge in [-0.1, -0.05) is 6.08 Å². The summed E-state index contributed by atoms with van der Waals surface area (Å²) in [7, 11) is -3.02. The van der Waals surface area contributed by atoms with Gasteiger partial charge in [0.15, 0.2) is 9.84 Å². The zero-order valence-electron chi connectivity index (χ0n) is 7.56.